The van der Waals surface area contributed by atoms with E-state index in [-0.39, 0.29) is 16.7 Å². The number of aliphatic hydroxyl groups excluding tert-OH is 1. The summed E-state index contributed by atoms with van der Waals surface area (Å²) < 4.78 is 0. The van der Waals surface area contributed by atoms with Crippen LogP contribution >= 0.6 is 0 Å². The summed E-state index contributed by atoms with van der Waals surface area (Å²) in [5.74, 6) is 0.139. The van der Waals surface area contributed by atoms with Gasteiger partial charge in [-0.2, -0.15) is 0 Å². The van der Waals surface area contributed by atoms with Crippen molar-refractivity contribution in [1.82, 2.24) is 5.32 Å². The van der Waals surface area contributed by atoms with Gasteiger partial charge in [0.25, 0.3) is 0 Å². The van der Waals surface area contributed by atoms with Crippen LogP contribution in [0.25, 0.3) is 0 Å². The van der Waals surface area contributed by atoms with Crippen LogP contribution in [0.15, 0.2) is 11.5 Å². The second-order valence-corrected chi connectivity index (χ2v) is 5.66. The third kappa shape index (κ3) is 2.33. The van der Waals surface area contributed by atoms with Crippen LogP contribution < -0.4 is 5.32 Å². The first-order chi connectivity index (χ1) is 6.72. The highest BCUT2D eigenvalue weighted by molar-refractivity contribution is 6.04. The van der Waals surface area contributed by atoms with Gasteiger partial charge in [0.1, 0.15) is 0 Å². The molecule has 0 unspecified atom stereocenters. The summed E-state index contributed by atoms with van der Waals surface area (Å²) in [7, 11) is 1.68. The van der Waals surface area contributed by atoms with Crippen molar-refractivity contribution >= 4 is 5.71 Å². The largest absolute Gasteiger partial charge is 0.495 e. The number of rotatable bonds is 3. The molecular weight excluding hydrogens is 188 g/mol. The lowest BCUT2D eigenvalue weighted by atomic mass is 9.79. The summed E-state index contributed by atoms with van der Waals surface area (Å²) in [6, 6.07) is 0. The van der Waals surface area contributed by atoms with E-state index in [0.717, 1.165) is 18.4 Å². The molecule has 0 saturated heterocycles. The van der Waals surface area contributed by atoms with Crippen LogP contribution in [-0.4, -0.2) is 17.9 Å². The molecule has 3 heteroatoms. The summed E-state index contributed by atoms with van der Waals surface area (Å²) in [6.45, 7) is 8.16. The predicted molar refractivity (Wildman–Crippen MR) is 63.2 cm³/mol. The predicted octanol–water partition coefficient (Wildman–Crippen LogP) is 2.84. The van der Waals surface area contributed by atoms with E-state index in [1.54, 1.807) is 7.05 Å². The second kappa shape index (κ2) is 3.54. The van der Waals surface area contributed by atoms with E-state index >= 15 is 0 Å². The van der Waals surface area contributed by atoms with Crippen molar-refractivity contribution in [3.8, 4) is 0 Å². The van der Waals surface area contributed by atoms with Gasteiger partial charge in [0.2, 0.25) is 0 Å². The molecule has 0 radical (unpaired) electrons. The quantitative estimate of drug-likeness (QED) is 0.495. The fourth-order valence-corrected chi connectivity index (χ4v) is 1.71. The molecule has 86 valence electrons. The number of aliphatic hydroxyl groups is 1. The highest BCUT2D eigenvalue weighted by Gasteiger charge is 2.45. The van der Waals surface area contributed by atoms with E-state index < -0.39 is 0 Å². The van der Waals surface area contributed by atoms with Gasteiger partial charge in [-0.1, -0.05) is 27.7 Å². The van der Waals surface area contributed by atoms with Gasteiger partial charge in [-0.05, 0) is 18.3 Å². The Hall–Kier alpha value is -0.990. The molecule has 0 aromatic rings. The molecule has 0 heterocycles. The zero-order valence-electron chi connectivity index (χ0n) is 10.4. The van der Waals surface area contributed by atoms with Crippen molar-refractivity contribution in [2.45, 2.75) is 40.5 Å². The molecule has 0 aromatic carbocycles. The molecule has 1 saturated carbocycles. The van der Waals surface area contributed by atoms with E-state index in [9.17, 15) is 5.11 Å². The van der Waals surface area contributed by atoms with Gasteiger partial charge < -0.3 is 15.8 Å². The maximum atomic E-state index is 9.84. The monoisotopic (exact) mass is 210 g/mol. The molecule has 0 spiro atoms. The van der Waals surface area contributed by atoms with Crippen LogP contribution in [0, 0.1) is 16.2 Å². The molecule has 1 aliphatic rings. The van der Waals surface area contributed by atoms with Crippen molar-refractivity contribution < 1.29 is 5.11 Å². The fourth-order valence-electron chi connectivity index (χ4n) is 1.71. The van der Waals surface area contributed by atoms with Crippen LogP contribution in [0.2, 0.25) is 0 Å². The van der Waals surface area contributed by atoms with E-state index in [0.29, 0.717) is 5.71 Å². The molecule has 0 atom stereocenters. The minimum Gasteiger partial charge on any atom is -0.495 e. The molecule has 3 nitrogen and oxygen atoms in total. The van der Waals surface area contributed by atoms with Gasteiger partial charge in [-0.15, -0.1) is 0 Å². The van der Waals surface area contributed by atoms with E-state index in [2.05, 4.69) is 12.2 Å². The maximum absolute atomic E-state index is 9.84. The summed E-state index contributed by atoms with van der Waals surface area (Å²) >= 11 is 0. The van der Waals surface area contributed by atoms with Crippen molar-refractivity contribution in [1.29, 1.82) is 5.41 Å². The molecular formula is C12H22N2O. The smallest absolute Gasteiger partial charge is 0.189 e. The molecule has 1 rings (SSSR count). The molecule has 0 bridgehead atoms. The maximum Gasteiger partial charge on any atom is 0.189 e. The van der Waals surface area contributed by atoms with Gasteiger partial charge in [0.05, 0.1) is 0 Å². The van der Waals surface area contributed by atoms with Crippen LogP contribution in [0.1, 0.15) is 40.5 Å². The van der Waals surface area contributed by atoms with Gasteiger partial charge in [-0.25, -0.2) is 0 Å². The number of hydrogen-bond acceptors (Lipinski definition) is 3. The standard InChI is InChI=1S/C12H22N2O/c1-11(2,3)8(10(15)14-5)9(13)12(4)6-7-12/h13-15H,6-7H2,1-5H3/b10-8-,13-9?. The van der Waals surface area contributed by atoms with Crippen molar-refractivity contribution in [3.05, 3.63) is 11.5 Å². The first kappa shape index (κ1) is 12.1. The number of nitrogens with one attached hydrogen (secondary N) is 2. The lowest BCUT2D eigenvalue weighted by molar-refractivity contribution is 0.349. The number of allylic oxidation sites excluding steroid dienone is 1. The lowest BCUT2D eigenvalue weighted by Crippen LogP contribution is -2.28. The van der Waals surface area contributed by atoms with E-state index in [4.69, 9.17) is 5.41 Å². The van der Waals surface area contributed by atoms with Gasteiger partial charge in [0, 0.05) is 23.7 Å². The molecule has 0 aromatic heterocycles. The zero-order chi connectivity index (χ0) is 11.9. The van der Waals surface area contributed by atoms with E-state index in [1.807, 2.05) is 20.8 Å². The summed E-state index contributed by atoms with van der Waals surface area (Å²) in [6.07, 6.45) is 2.12. The third-order valence-electron chi connectivity index (χ3n) is 3.08. The molecule has 15 heavy (non-hydrogen) atoms. The average molecular weight is 210 g/mol. The lowest BCUT2D eigenvalue weighted by Gasteiger charge is -2.27. The molecule has 0 aliphatic heterocycles. The minimum absolute atomic E-state index is 0.00650. The van der Waals surface area contributed by atoms with Crippen LogP contribution in [0.5, 0.6) is 0 Å². The average Bonchev–Trinajstić information content (AvgIpc) is 2.82. The Morgan fingerprint density at radius 1 is 1.33 bits per heavy atom. The Morgan fingerprint density at radius 2 is 1.80 bits per heavy atom. The summed E-state index contributed by atoms with van der Waals surface area (Å²) in [5.41, 5.74) is 1.12. The Balaban J connectivity index is 3.08. The third-order valence-corrected chi connectivity index (χ3v) is 3.08. The van der Waals surface area contributed by atoms with E-state index in [1.165, 1.54) is 0 Å². The van der Waals surface area contributed by atoms with Crippen LogP contribution in [0.3, 0.4) is 0 Å². The van der Waals surface area contributed by atoms with Gasteiger partial charge in [-0.3, -0.25) is 0 Å². The van der Waals surface area contributed by atoms with Crippen molar-refractivity contribution in [2.24, 2.45) is 10.8 Å². The Bertz CT molecular complexity index is 306. The van der Waals surface area contributed by atoms with Gasteiger partial charge in [0.15, 0.2) is 5.88 Å². The normalized spacial score (nSPS) is 20.6. The fraction of sp³-hybridized carbons (Fsp3) is 0.750. The SMILES string of the molecule is CN/C(O)=C(\C(=N)C1(C)CC1)C(C)(C)C. The topological polar surface area (TPSA) is 56.1 Å². The number of hydrogen-bond donors (Lipinski definition) is 3. The van der Waals surface area contributed by atoms with Crippen LogP contribution in [0.4, 0.5) is 0 Å². The van der Waals surface area contributed by atoms with Crippen LogP contribution in [-0.2, 0) is 0 Å². The zero-order valence-corrected chi connectivity index (χ0v) is 10.4. The first-order valence-electron chi connectivity index (χ1n) is 5.43. The minimum atomic E-state index is -0.199. The molecule has 0 amide bonds. The van der Waals surface area contributed by atoms with Gasteiger partial charge >= 0.3 is 0 Å². The second-order valence-electron chi connectivity index (χ2n) is 5.66. The summed E-state index contributed by atoms with van der Waals surface area (Å²) in [4.78, 5) is 0. The molecule has 1 aliphatic carbocycles. The summed E-state index contributed by atoms with van der Waals surface area (Å²) in [5, 5.41) is 20.8. The van der Waals surface area contributed by atoms with Crippen molar-refractivity contribution in [2.75, 3.05) is 7.05 Å². The Morgan fingerprint density at radius 3 is 2.07 bits per heavy atom. The van der Waals surface area contributed by atoms with Crippen molar-refractivity contribution in [3.63, 3.8) is 0 Å². The molecule has 3 N–H and O–H groups in total. The highest BCUT2D eigenvalue weighted by Crippen LogP contribution is 2.50. The Kier molecular flexibility index (Phi) is 2.85. The first-order valence-corrected chi connectivity index (χ1v) is 5.43. The Labute approximate surface area is 92.1 Å². The highest BCUT2D eigenvalue weighted by atomic mass is 16.3. The molecule has 1 fully saturated rings.